The molecule has 0 spiro atoms. The summed E-state index contributed by atoms with van der Waals surface area (Å²) in [7, 11) is 1.31. The molecule has 0 saturated carbocycles. The number of aryl methyl sites for hydroxylation is 1. The average molecular weight is 313 g/mol. The largest absolute Gasteiger partial charge is 0.484 e. The molecule has 120 valence electrons. The molecule has 0 atom stereocenters. The Balaban J connectivity index is 1.97. The van der Waals surface area contributed by atoms with Crippen molar-refractivity contribution < 1.29 is 19.1 Å². The van der Waals surface area contributed by atoms with Gasteiger partial charge in [-0.2, -0.15) is 0 Å². The second kappa shape index (κ2) is 7.45. The molecular weight excluding hydrogens is 294 g/mol. The zero-order chi connectivity index (χ0) is 16.8. The van der Waals surface area contributed by atoms with E-state index in [2.05, 4.69) is 10.1 Å². The standard InChI is InChI=1S/C18H19NO4/c1-12-6-4-9-16(13(12)2)19-17(20)11-23-15-8-5-7-14(10-15)18(21)22-3/h4-10H,11H2,1-3H3,(H,19,20). The maximum atomic E-state index is 12.0. The van der Waals surface area contributed by atoms with Crippen molar-refractivity contribution in [2.24, 2.45) is 0 Å². The SMILES string of the molecule is COC(=O)c1cccc(OCC(=O)Nc2cccc(C)c2C)c1. The number of carbonyl (C=O) groups excluding carboxylic acids is 2. The van der Waals surface area contributed by atoms with Gasteiger partial charge in [-0.25, -0.2) is 4.79 Å². The van der Waals surface area contributed by atoms with E-state index < -0.39 is 5.97 Å². The Morgan fingerprint density at radius 1 is 1.09 bits per heavy atom. The average Bonchev–Trinajstić information content (AvgIpc) is 2.56. The number of nitrogens with one attached hydrogen (secondary N) is 1. The molecule has 0 saturated heterocycles. The maximum absolute atomic E-state index is 12.0. The zero-order valence-electron chi connectivity index (χ0n) is 13.4. The van der Waals surface area contributed by atoms with Crippen LogP contribution in [0.3, 0.4) is 0 Å². The molecular formula is C18H19NO4. The molecule has 0 aliphatic heterocycles. The minimum Gasteiger partial charge on any atom is -0.484 e. The van der Waals surface area contributed by atoms with E-state index in [0.717, 1.165) is 16.8 Å². The van der Waals surface area contributed by atoms with E-state index in [1.54, 1.807) is 18.2 Å². The van der Waals surface area contributed by atoms with Gasteiger partial charge >= 0.3 is 5.97 Å². The summed E-state index contributed by atoms with van der Waals surface area (Å²) in [4.78, 5) is 23.5. The highest BCUT2D eigenvalue weighted by molar-refractivity contribution is 5.93. The number of hydrogen-bond acceptors (Lipinski definition) is 4. The second-order valence-corrected chi connectivity index (χ2v) is 5.10. The summed E-state index contributed by atoms with van der Waals surface area (Å²) in [6.45, 7) is 3.80. The molecule has 0 heterocycles. The summed E-state index contributed by atoms with van der Waals surface area (Å²) in [6.07, 6.45) is 0. The molecule has 2 aromatic rings. The molecule has 0 aromatic heterocycles. The number of anilines is 1. The summed E-state index contributed by atoms with van der Waals surface area (Å²) < 4.78 is 10.1. The van der Waals surface area contributed by atoms with Crippen LogP contribution in [0, 0.1) is 13.8 Å². The van der Waals surface area contributed by atoms with E-state index in [9.17, 15) is 9.59 Å². The molecule has 2 rings (SSSR count). The van der Waals surface area contributed by atoms with Crippen molar-refractivity contribution in [2.45, 2.75) is 13.8 Å². The number of amides is 1. The van der Waals surface area contributed by atoms with Crippen LogP contribution in [0.1, 0.15) is 21.5 Å². The number of hydrogen-bond donors (Lipinski definition) is 1. The van der Waals surface area contributed by atoms with Crippen LogP contribution in [0.15, 0.2) is 42.5 Å². The van der Waals surface area contributed by atoms with Crippen molar-refractivity contribution in [1.29, 1.82) is 0 Å². The van der Waals surface area contributed by atoms with Gasteiger partial charge in [-0.1, -0.05) is 18.2 Å². The lowest BCUT2D eigenvalue weighted by Gasteiger charge is -2.11. The first-order valence-corrected chi connectivity index (χ1v) is 7.18. The van der Waals surface area contributed by atoms with Gasteiger partial charge in [0, 0.05) is 5.69 Å². The maximum Gasteiger partial charge on any atom is 0.337 e. The van der Waals surface area contributed by atoms with Gasteiger partial charge in [0.05, 0.1) is 12.7 Å². The Hall–Kier alpha value is -2.82. The molecule has 1 N–H and O–H groups in total. The van der Waals surface area contributed by atoms with E-state index >= 15 is 0 Å². The van der Waals surface area contributed by atoms with E-state index in [1.807, 2.05) is 32.0 Å². The van der Waals surface area contributed by atoms with Gasteiger partial charge in [0.15, 0.2) is 6.61 Å². The minimum atomic E-state index is -0.449. The Bertz CT molecular complexity index is 725. The fourth-order valence-corrected chi connectivity index (χ4v) is 2.05. The predicted molar refractivity (Wildman–Crippen MR) is 87.8 cm³/mol. The molecule has 5 nitrogen and oxygen atoms in total. The van der Waals surface area contributed by atoms with Gasteiger partial charge in [0.1, 0.15) is 5.75 Å². The normalized spacial score (nSPS) is 10.0. The Morgan fingerprint density at radius 2 is 1.83 bits per heavy atom. The summed E-state index contributed by atoms with van der Waals surface area (Å²) >= 11 is 0. The monoisotopic (exact) mass is 313 g/mol. The Labute approximate surface area is 135 Å². The van der Waals surface area contributed by atoms with E-state index in [0.29, 0.717) is 11.3 Å². The first-order chi connectivity index (χ1) is 11.0. The number of carbonyl (C=O) groups is 2. The third-order valence-electron chi connectivity index (χ3n) is 3.50. The summed E-state index contributed by atoms with van der Waals surface area (Å²) in [5.41, 5.74) is 3.27. The number of methoxy groups -OCH3 is 1. The molecule has 0 aliphatic carbocycles. The van der Waals surface area contributed by atoms with E-state index in [4.69, 9.17) is 4.74 Å². The van der Waals surface area contributed by atoms with Crippen LogP contribution in [-0.4, -0.2) is 25.6 Å². The van der Waals surface area contributed by atoms with Crippen LogP contribution < -0.4 is 10.1 Å². The zero-order valence-corrected chi connectivity index (χ0v) is 13.4. The molecule has 5 heteroatoms. The van der Waals surface area contributed by atoms with Crippen molar-refractivity contribution >= 4 is 17.6 Å². The first kappa shape index (κ1) is 16.5. The Kier molecular flexibility index (Phi) is 5.36. The molecule has 0 unspecified atom stereocenters. The number of benzene rings is 2. The molecule has 0 bridgehead atoms. The fourth-order valence-electron chi connectivity index (χ4n) is 2.05. The van der Waals surface area contributed by atoms with Gasteiger partial charge < -0.3 is 14.8 Å². The highest BCUT2D eigenvalue weighted by atomic mass is 16.5. The summed E-state index contributed by atoms with van der Waals surface area (Å²) in [5.74, 6) is -0.276. The molecule has 1 amide bonds. The van der Waals surface area contributed by atoms with Crippen LogP contribution in [0.25, 0.3) is 0 Å². The lowest BCUT2D eigenvalue weighted by atomic mass is 10.1. The highest BCUT2D eigenvalue weighted by Gasteiger charge is 2.09. The van der Waals surface area contributed by atoms with Gasteiger partial charge in [-0.3, -0.25) is 4.79 Å². The van der Waals surface area contributed by atoms with Crippen LogP contribution in [-0.2, 0) is 9.53 Å². The molecule has 0 fully saturated rings. The van der Waals surface area contributed by atoms with Crippen molar-refractivity contribution in [3.8, 4) is 5.75 Å². The molecule has 0 radical (unpaired) electrons. The van der Waals surface area contributed by atoms with Gasteiger partial charge in [0.25, 0.3) is 5.91 Å². The van der Waals surface area contributed by atoms with Crippen LogP contribution in [0.2, 0.25) is 0 Å². The number of ether oxygens (including phenoxy) is 2. The van der Waals surface area contributed by atoms with Gasteiger partial charge in [-0.15, -0.1) is 0 Å². The molecule has 23 heavy (non-hydrogen) atoms. The fraction of sp³-hybridized carbons (Fsp3) is 0.222. The van der Waals surface area contributed by atoms with Crippen molar-refractivity contribution in [1.82, 2.24) is 0 Å². The lowest BCUT2D eigenvalue weighted by molar-refractivity contribution is -0.118. The number of esters is 1. The van der Waals surface area contributed by atoms with Crippen molar-refractivity contribution in [3.63, 3.8) is 0 Å². The van der Waals surface area contributed by atoms with Crippen LogP contribution in [0.4, 0.5) is 5.69 Å². The molecule has 0 aliphatic rings. The predicted octanol–water partition coefficient (Wildman–Crippen LogP) is 3.11. The van der Waals surface area contributed by atoms with Crippen molar-refractivity contribution in [3.05, 3.63) is 59.2 Å². The topological polar surface area (TPSA) is 64.6 Å². The minimum absolute atomic E-state index is 0.141. The van der Waals surface area contributed by atoms with E-state index in [1.165, 1.54) is 13.2 Å². The van der Waals surface area contributed by atoms with Gasteiger partial charge in [-0.05, 0) is 49.2 Å². The first-order valence-electron chi connectivity index (χ1n) is 7.18. The smallest absolute Gasteiger partial charge is 0.337 e. The van der Waals surface area contributed by atoms with Gasteiger partial charge in [0.2, 0.25) is 0 Å². The van der Waals surface area contributed by atoms with Crippen molar-refractivity contribution in [2.75, 3.05) is 19.0 Å². The quantitative estimate of drug-likeness (QED) is 0.861. The van der Waals surface area contributed by atoms with Crippen LogP contribution in [0.5, 0.6) is 5.75 Å². The van der Waals surface area contributed by atoms with E-state index in [-0.39, 0.29) is 12.5 Å². The summed E-state index contributed by atoms with van der Waals surface area (Å²) in [5, 5.41) is 2.81. The molecule has 2 aromatic carbocycles. The Morgan fingerprint density at radius 3 is 2.57 bits per heavy atom. The third-order valence-corrected chi connectivity index (χ3v) is 3.50. The third kappa shape index (κ3) is 4.32. The summed E-state index contributed by atoms with van der Waals surface area (Å²) in [6, 6.07) is 12.2. The van der Waals surface area contributed by atoms with Crippen LogP contribution >= 0.6 is 0 Å². The number of rotatable bonds is 5. The lowest BCUT2D eigenvalue weighted by Crippen LogP contribution is -2.20. The second-order valence-electron chi connectivity index (χ2n) is 5.10. The highest BCUT2D eigenvalue weighted by Crippen LogP contribution is 2.18.